The third-order valence-corrected chi connectivity index (χ3v) is 6.85. The second-order valence-electron chi connectivity index (χ2n) is 9.18. The van der Waals surface area contributed by atoms with E-state index in [4.69, 9.17) is 14.2 Å². The van der Waals surface area contributed by atoms with Gasteiger partial charge in [-0.15, -0.1) is 17.9 Å². The summed E-state index contributed by atoms with van der Waals surface area (Å²) < 4.78 is 17.1. The maximum atomic E-state index is 13.5. The molecule has 3 rings (SSSR count). The van der Waals surface area contributed by atoms with Gasteiger partial charge >= 0.3 is 0 Å². The minimum absolute atomic E-state index is 0.00706. The van der Waals surface area contributed by atoms with Gasteiger partial charge in [-0.1, -0.05) is 32.1 Å². The van der Waals surface area contributed by atoms with Crippen molar-refractivity contribution >= 4 is 17.2 Å². The third kappa shape index (κ3) is 7.80. The SMILES string of the molecule is C=CCN(CC(=O)N1CCc2sccc2[C@H]1COc1ccccc1OC)C[C@H](O)COCC(C)C. The van der Waals surface area contributed by atoms with Gasteiger partial charge in [-0.25, -0.2) is 0 Å². The van der Waals surface area contributed by atoms with E-state index in [9.17, 15) is 9.90 Å². The van der Waals surface area contributed by atoms with Crippen LogP contribution in [0.15, 0.2) is 48.4 Å². The number of amides is 1. The first-order valence-corrected chi connectivity index (χ1v) is 13.0. The van der Waals surface area contributed by atoms with Gasteiger partial charge in [0, 0.05) is 31.1 Å². The number of benzene rings is 1. The zero-order valence-electron chi connectivity index (χ0n) is 21.0. The molecule has 1 aromatic heterocycles. The van der Waals surface area contributed by atoms with Crippen LogP contribution in [0.3, 0.4) is 0 Å². The summed E-state index contributed by atoms with van der Waals surface area (Å²) in [4.78, 5) is 18.6. The van der Waals surface area contributed by atoms with Gasteiger partial charge in [0.25, 0.3) is 0 Å². The molecule has 7 nitrogen and oxygen atoms in total. The van der Waals surface area contributed by atoms with Crippen molar-refractivity contribution in [2.24, 2.45) is 5.92 Å². The molecule has 1 aliphatic heterocycles. The summed E-state index contributed by atoms with van der Waals surface area (Å²) in [5.74, 6) is 1.73. The predicted octanol–water partition coefficient (Wildman–Crippen LogP) is 3.78. The first-order valence-electron chi connectivity index (χ1n) is 12.1. The number of para-hydroxylation sites is 2. The Bertz CT molecular complexity index is 947. The molecule has 2 atom stereocenters. The van der Waals surface area contributed by atoms with E-state index in [0.29, 0.717) is 50.3 Å². The summed E-state index contributed by atoms with van der Waals surface area (Å²) in [6, 6.07) is 9.44. The van der Waals surface area contributed by atoms with E-state index in [1.807, 2.05) is 34.1 Å². The number of fused-ring (bicyclic) bond motifs is 1. The lowest BCUT2D eigenvalue weighted by molar-refractivity contribution is -0.136. The predicted molar refractivity (Wildman–Crippen MR) is 139 cm³/mol. The first-order chi connectivity index (χ1) is 16.9. The molecular formula is C27H38N2O5S. The van der Waals surface area contributed by atoms with Gasteiger partial charge < -0.3 is 24.2 Å². The van der Waals surface area contributed by atoms with Crippen molar-refractivity contribution in [3.8, 4) is 11.5 Å². The molecule has 2 aromatic rings. The number of methoxy groups -OCH3 is 1. The topological polar surface area (TPSA) is 71.5 Å². The fourth-order valence-electron chi connectivity index (χ4n) is 4.24. The molecule has 0 aliphatic carbocycles. The van der Waals surface area contributed by atoms with Crippen LogP contribution in [0.25, 0.3) is 0 Å². The average Bonchev–Trinajstić information content (AvgIpc) is 3.31. The standard InChI is InChI=1S/C27H38N2O5S/c1-5-12-28(15-21(30)18-33-17-20(2)3)16-27(31)29-13-10-26-22(11-14-35-26)23(29)19-34-25-9-7-6-8-24(25)32-4/h5-9,11,14,20-21,23,30H,1,10,12-13,15-19H2,2-4H3/t21-,23+/m0/s1. The molecule has 0 saturated carbocycles. The highest BCUT2D eigenvalue weighted by Crippen LogP contribution is 2.35. The molecule has 0 unspecified atom stereocenters. The van der Waals surface area contributed by atoms with Gasteiger partial charge in [-0.05, 0) is 41.5 Å². The minimum atomic E-state index is -0.670. The number of hydrogen-bond donors (Lipinski definition) is 1. The maximum absolute atomic E-state index is 13.5. The number of hydrogen-bond acceptors (Lipinski definition) is 7. The van der Waals surface area contributed by atoms with Crippen LogP contribution in [0.2, 0.25) is 0 Å². The summed E-state index contributed by atoms with van der Waals surface area (Å²) in [7, 11) is 1.62. The molecule has 1 aliphatic rings. The summed E-state index contributed by atoms with van der Waals surface area (Å²) in [6.07, 6.45) is 1.91. The quantitative estimate of drug-likeness (QED) is 0.397. The number of carbonyl (C=O) groups is 1. The van der Waals surface area contributed by atoms with Crippen LogP contribution >= 0.6 is 11.3 Å². The Morgan fingerprint density at radius 3 is 2.77 bits per heavy atom. The van der Waals surface area contributed by atoms with E-state index in [2.05, 4.69) is 31.9 Å². The summed E-state index contributed by atoms with van der Waals surface area (Å²) >= 11 is 1.72. The lowest BCUT2D eigenvalue weighted by Crippen LogP contribution is -2.48. The minimum Gasteiger partial charge on any atom is -0.493 e. The van der Waals surface area contributed by atoms with Gasteiger partial charge in [0.15, 0.2) is 11.5 Å². The van der Waals surface area contributed by atoms with Crippen LogP contribution in [0.4, 0.5) is 0 Å². The molecule has 8 heteroatoms. The van der Waals surface area contributed by atoms with Gasteiger partial charge in [0.2, 0.25) is 5.91 Å². The molecule has 2 heterocycles. The van der Waals surface area contributed by atoms with Crippen molar-refractivity contribution in [2.45, 2.75) is 32.4 Å². The van der Waals surface area contributed by atoms with Crippen LogP contribution in [0, 0.1) is 5.92 Å². The monoisotopic (exact) mass is 502 g/mol. The molecule has 0 radical (unpaired) electrons. The number of nitrogens with zero attached hydrogens (tertiary/aromatic N) is 2. The summed E-state index contributed by atoms with van der Waals surface area (Å²) in [5, 5.41) is 12.5. The number of aliphatic hydroxyl groups excluding tert-OH is 1. The van der Waals surface area contributed by atoms with Crippen molar-refractivity contribution in [1.29, 1.82) is 0 Å². The van der Waals surface area contributed by atoms with E-state index >= 15 is 0 Å². The van der Waals surface area contributed by atoms with Crippen molar-refractivity contribution in [2.75, 3.05) is 53.1 Å². The normalized spacial score (nSPS) is 16.3. The van der Waals surface area contributed by atoms with E-state index in [1.165, 1.54) is 4.88 Å². The van der Waals surface area contributed by atoms with Crippen LogP contribution in [0.5, 0.6) is 11.5 Å². The molecule has 0 saturated heterocycles. The van der Waals surface area contributed by atoms with Crippen LogP contribution in [0.1, 0.15) is 30.3 Å². The van der Waals surface area contributed by atoms with E-state index in [1.54, 1.807) is 24.5 Å². The van der Waals surface area contributed by atoms with E-state index in [-0.39, 0.29) is 25.1 Å². The van der Waals surface area contributed by atoms with E-state index in [0.717, 1.165) is 12.0 Å². The number of thiophene rings is 1. The third-order valence-electron chi connectivity index (χ3n) is 5.86. The van der Waals surface area contributed by atoms with Crippen LogP contribution in [-0.2, 0) is 16.0 Å². The molecule has 1 N–H and O–H groups in total. The van der Waals surface area contributed by atoms with Gasteiger partial charge in [0.1, 0.15) is 6.61 Å². The Hall–Kier alpha value is -2.39. The smallest absolute Gasteiger partial charge is 0.237 e. The number of carbonyl (C=O) groups excluding carboxylic acids is 1. The lowest BCUT2D eigenvalue weighted by Gasteiger charge is -2.37. The van der Waals surface area contributed by atoms with E-state index < -0.39 is 6.10 Å². The highest BCUT2D eigenvalue weighted by molar-refractivity contribution is 7.10. The summed E-state index contributed by atoms with van der Waals surface area (Å²) in [6.45, 7) is 10.8. The van der Waals surface area contributed by atoms with Crippen molar-refractivity contribution in [1.82, 2.24) is 9.80 Å². The Balaban J connectivity index is 1.67. The first kappa shape index (κ1) is 27.2. The Labute approximate surface area is 212 Å². The molecule has 192 valence electrons. The maximum Gasteiger partial charge on any atom is 0.237 e. The Kier molecular flexibility index (Phi) is 10.6. The molecule has 0 spiro atoms. The Morgan fingerprint density at radius 2 is 2.06 bits per heavy atom. The van der Waals surface area contributed by atoms with Crippen LogP contribution in [-0.4, -0.2) is 80.0 Å². The Morgan fingerprint density at radius 1 is 1.29 bits per heavy atom. The largest absolute Gasteiger partial charge is 0.493 e. The molecule has 1 aromatic carbocycles. The van der Waals surface area contributed by atoms with Gasteiger partial charge in [-0.2, -0.15) is 0 Å². The zero-order valence-corrected chi connectivity index (χ0v) is 21.8. The van der Waals surface area contributed by atoms with Crippen molar-refractivity contribution in [3.63, 3.8) is 0 Å². The highest BCUT2D eigenvalue weighted by Gasteiger charge is 2.33. The fraction of sp³-hybridized carbons (Fsp3) is 0.519. The molecule has 0 bridgehead atoms. The average molecular weight is 503 g/mol. The molecular weight excluding hydrogens is 464 g/mol. The molecule has 1 amide bonds. The van der Waals surface area contributed by atoms with Gasteiger partial charge in [0.05, 0.1) is 32.4 Å². The number of ether oxygens (including phenoxy) is 3. The van der Waals surface area contributed by atoms with Gasteiger partial charge in [-0.3, -0.25) is 9.69 Å². The number of aliphatic hydroxyl groups is 1. The second kappa shape index (κ2) is 13.6. The van der Waals surface area contributed by atoms with Crippen LogP contribution < -0.4 is 9.47 Å². The zero-order chi connectivity index (χ0) is 25.2. The fourth-order valence-corrected chi connectivity index (χ4v) is 5.17. The summed E-state index contributed by atoms with van der Waals surface area (Å²) in [5.41, 5.74) is 1.14. The van der Waals surface area contributed by atoms with Crippen molar-refractivity contribution in [3.05, 3.63) is 58.8 Å². The highest BCUT2D eigenvalue weighted by atomic mass is 32.1. The number of rotatable bonds is 14. The van der Waals surface area contributed by atoms with Crippen molar-refractivity contribution < 1.29 is 24.1 Å². The second-order valence-corrected chi connectivity index (χ2v) is 10.2. The lowest BCUT2D eigenvalue weighted by atomic mass is 10.0. The molecule has 35 heavy (non-hydrogen) atoms. The molecule has 0 fully saturated rings.